The molecule has 6 heteroatoms. The van der Waals surface area contributed by atoms with Gasteiger partial charge in [-0.1, -0.05) is 41.9 Å². The molecule has 0 spiro atoms. The fraction of sp³-hybridized carbons (Fsp3) is 0.130. The van der Waals surface area contributed by atoms with Crippen LogP contribution in [0, 0.1) is 0 Å². The first-order valence-electron chi connectivity index (χ1n) is 9.23. The molecule has 1 heterocycles. The number of thioether (sulfide) groups is 1. The molecule has 146 valence electrons. The number of halogens is 1. The van der Waals surface area contributed by atoms with E-state index in [9.17, 15) is 4.79 Å². The first-order chi connectivity index (χ1) is 14.1. The van der Waals surface area contributed by atoms with Gasteiger partial charge in [0.05, 0.1) is 18.3 Å². The van der Waals surface area contributed by atoms with Crippen LogP contribution in [0.1, 0.15) is 21.5 Å². The van der Waals surface area contributed by atoms with Gasteiger partial charge in [-0.15, -0.1) is 11.8 Å². The zero-order valence-electron chi connectivity index (χ0n) is 15.9. The van der Waals surface area contributed by atoms with Gasteiger partial charge in [0.1, 0.15) is 0 Å². The summed E-state index contributed by atoms with van der Waals surface area (Å²) in [7, 11) is 0. The van der Waals surface area contributed by atoms with Crippen LogP contribution in [0.25, 0.3) is 10.9 Å². The predicted octanol–water partition coefficient (Wildman–Crippen LogP) is 5.39. The number of hydrogen-bond donors (Lipinski definition) is 1. The molecule has 0 saturated carbocycles. The van der Waals surface area contributed by atoms with Gasteiger partial charge in [0.2, 0.25) is 0 Å². The molecule has 0 saturated heterocycles. The number of amides is 1. The maximum Gasteiger partial charge on any atom is 0.251 e. The van der Waals surface area contributed by atoms with Crippen LogP contribution in [0.5, 0.6) is 0 Å². The summed E-state index contributed by atoms with van der Waals surface area (Å²) in [5.41, 5.74) is 3.67. The monoisotopic (exact) mass is 421 g/mol. The lowest BCUT2D eigenvalue weighted by Crippen LogP contribution is -2.22. The SMILES string of the molecule is CSc1ccc(CNC(=O)c2ccc3cnn(Cc4cccc(Cl)c4)c3c2)cc1. The van der Waals surface area contributed by atoms with Gasteiger partial charge in [0, 0.05) is 27.4 Å². The highest BCUT2D eigenvalue weighted by Crippen LogP contribution is 2.19. The molecule has 4 rings (SSSR count). The van der Waals surface area contributed by atoms with E-state index in [1.165, 1.54) is 4.90 Å². The molecule has 0 bridgehead atoms. The predicted molar refractivity (Wildman–Crippen MR) is 120 cm³/mol. The molecular formula is C23H20ClN3OS. The van der Waals surface area contributed by atoms with Gasteiger partial charge in [-0.25, -0.2) is 0 Å². The number of carbonyl (C=O) groups excluding carboxylic acids is 1. The number of aromatic nitrogens is 2. The average molecular weight is 422 g/mol. The van der Waals surface area contributed by atoms with Crippen LogP contribution in [0.4, 0.5) is 0 Å². The third kappa shape index (κ3) is 4.63. The summed E-state index contributed by atoms with van der Waals surface area (Å²) in [5, 5.41) is 9.16. The Balaban J connectivity index is 1.50. The fourth-order valence-corrected chi connectivity index (χ4v) is 3.79. The standard InChI is InChI=1S/C23H20ClN3OS/c1-29-21-9-5-16(6-10-21)13-25-23(28)18-7-8-19-14-26-27(22(19)12-18)15-17-3-2-4-20(24)11-17/h2-12,14H,13,15H2,1H3,(H,25,28). The Labute approximate surface area is 178 Å². The molecule has 4 aromatic rings. The second kappa shape index (κ2) is 8.72. The van der Waals surface area contributed by atoms with Crippen LogP contribution in [0.2, 0.25) is 5.02 Å². The number of hydrogen-bond acceptors (Lipinski definition) is 3. The van der Waals surface area contributed by atoms with Gasteiger partial charge < -0.3 is 5.32 Å². The molecule has 4 nitrogen and oxygen atoms in total. The number of rotatable bonds is 6. The smallest absolute Gasteiger partial charge is 0.251 e. The molecule has 1 N–H and O–H groups in total. The van der Waals surface area contributed by atoms with Crippen LogP contribution in [0.3, 0.4) is 0 Å². The number of fused-ring (bicyclic) bond motifs is 1. The van der Waals surface area contributed by atoms with Gasteiger partial charge in [-0.3, -0.25) is 9.48 Å². The van der Waals surface area contributed by atoms with E-state index in [4.69, 9.17) is 11.6 Å². The van der Waals surface area contributed by atoms with E-state index in [0.717, 1.165) is 22.0 Å². The van der Waals surface area contributed by atoms with Crippen molar-refractivity contribution in [3.05, 3.63) is 94.6 Å². The van der Waals surface area contributed by atoms with E-state index in [2.05, 4.69) is 22.5 Å². The highest BCUT2D eigenvalue weighted by atomic mass is 35.5. The number of nitrogens with zero attached hydrogens (tertiary/aromatic N) is 2. The average Bonchev–Trinajstić information content (AvgIpc) is 3.14. The Morgan fingerprint density at radius 2 is 1.90 bits per heavy atom. The number of benzene rings is 3. The van der Waals surface area contributed by atoms with Crippen molar-refractivity contribution in [3.63, 3.8) is 0 Å². The molecule has 29 heavy (non-hydrogen) atoms. The topological polar surface area (TPSA) is 46.9 Å². The third-order valence-corrected chi connectivity index (χ3v) is 5.72. The minimum atomic E-state index is -0.101. The normalized spacial score (nSPS) is 11.0. The maximum absolute atomic E-state index is 12.7. The van der Waals surface area contributed by atoms with Crippen molar-refractivity contribution in [2.45, 2.75) is 18.0 Å². The second-order valence-corrected chi connectivity index (χ2v) is 8.05. The molecule has 1 aromatic heterocycles. The van der Waals surface area contributed by atoms with Crippen molar-refractivity contribution in [3.8, 4) is 0 Å². The van der Waals surface area contributed by atoms with E-state index in [-0.39, 0.29) is 5.91 Å². The summed E-state index contributed by atoms with van der Waals surface area (Å²) in [4.78, 5) is 13.9. The van der Waals surface area contributed by atoms with Gasteiger partial charge >= 0.3 is 0 Å². The Morgan fingerprint density at radius 1 is 1.07 bits per heavy atom. The van der Waals surface area contributed by atoms with Crippen LogP contribution in [0.15, 0.2) is 77.8 Å². The van der Waals surface area contributed by atoms with Crippen molar-refractivity contribution >= 4 is 40.2 Å². The lowest BCUT2D eigenvalue weighted by molar-refractivity contribution is 0.0951. The minimum Gasteiger partial charge on any atom is -0.348 e. The molecule has 0 aliphatic carbocycles. The van der Waals surface area contributed by atoms with E-state index in [1.54, 1.807) is 11.8 Å². The lowest BCUT2D eigenvalue weighted by atomic mass is 10.1. The summed E-state index contributed by atoms with van der Waals surface area (Å²) in [6.45, 7) is 1.09. The Kier molecular flexibility index (Phi) is 5.88. The Morgan fingerprint density at radius 3 is 2.66 bits per heavy atom. The quantitative estimate of drug-likeness (QED) is 0.424. The van der Waals surface area contributed by atoms with Gasteiger partial charge in [0.25, 0.3) is 5.91 Å². The number of nitrogens with one attached hydrogen (secondary N) is 1. The van der Waals surface area contributed by atoms with Crippen LogP contribution in [-0.4, -0.2) is 21.9 Å². The Bertz CT molecular complexity index is 1150. The summed E-state index contributed by atoms with van der Waals surface area (Å²) in [5.74, 6) is -0.101. The molecule has 0 unspecified atom stereocenters. The first kappa shape index (κ1) is 19.6. The van der Waals surface area contributed by atoms with E-state index >= 15 is 0 Å². The highest BCUT2D eigenvalue weighted by molar-refractivity contribution is 7.98. The fourth-order valence-electron chi connectivity index (χ4n) is 3.17. The van der Waals surface area contributed by atoms with Crippen LogP contribution < -0.4 is 5.32 Å². The maximum atomic E-state index is 12.7. The second-order valence-electron chi connectivity index (χ2n) is 6.74. The largest absolute Gasteiger partial charge is 0.348 e. The molecular weight excluding hydrogens is 402 g/mol. The van der Waals surface area contributed by atoms with E-state index < -0.39 is 0 Å². The van der Waals surface area contributed by atoms with Gasteiger partial charge in [-0.2, -0.15) is 5.10 Å². The van der Waals surface area contributed by atoms with Gasteiger partial charge in [0.15, 0.2) is 0 Å². The molecule has 0 fully saturated rings. The summed E-state index contributed by atoms with van der Waals surface area (Å²) in [6, 6.07) is 21.6. The molecule has 3 aromatic carbocycles. The first-order valence-corrected chi connectivity index (χ1v) is 10.8. The zero-order chi connectivity index (χ0) is 20.2. The molecule has 0 aliphatic rings. The summed E-state index contributed by atoms with van der Waals surface area (Å²) in [6.07, 6.45) is 3.86. The highest BCUT2D eigenvalue weighted by Gasteiger charge is 2.10. The van der Waals surface area contributed by atoms with Crippen molar-refractivity contribution in [1.82, 2.24) is 15.1 Å². The number of carbonyl (C=O) groups is 1. The third-order valence-electron chi connectivity index (χ3n) is 4.74. The summed E-state index contributed by atoms with van der Waals surface area (Å²) >= 11 is 7.79. The molecule has 0 aliphatic heterocycles. The molecule has 0 radical (unpaired) electrons. The van der Waals surface area contributed by atoms with Gasteiger partial charge in [-0.05, 0) is 53.8 Å². The van der Waals surface area contributed by atoms with E-state index in [1.807, 2.05) is 71.7 Å². The van der Waals surface area contributed by atoms with Crippen molar-refractivity contribution in [2.75, 3.05) is 6.26 Å². The van der Waals surface area contributed by atoms with Crippen LogP contribution in [-0.2, 0) is 13.1 Å². The zero-order valence-corrected chi connectivity index (χ0v) is 17.5. The lowest BCUT2D eigenvalue weighted by Gasteiger charge is -2.08. The minimum absolute atomic E-state index is 0.101. The van der Waals surface area contributed by atoms with Crippen LogP contribution >= 0.6 is 23.4 Å². The van der Waals surface area contributed by atoms with Crippen molar-refractivity contribution in [1.29, 1.82) is 0 Å². The molecule has 0 atom stereocenters. The van der Waals surface area contributed by atoms with Crippen molar-refractivity contribution in [2.24, 2.45) is 0 Å². The van der Waals surface area contributed by atoms with E-state index in [0.29, 0.717) is 23.7 Å². The Hall–Kier alpha value is -2.76. The van der Waals surface area contributed by atoms with Crippen molar-refractivity contribution < 1.29 is 4.79 Å². The molecule has 1 amide bonds. The summed E-state index contributed by atoms with van der Waals surface area (Å²) < 4.78 is 1.89.